The monoisotopic (exact) mass is 410 g/mol. The number of fused-ring (bicyclic) bond motifs is 1. The molecule has 1 saturated heterocycles. The van der Waals surface area contributed by atoms with E-state index in [0.717, 1.165) is 30.3 Å². The summed E-state index contributed by atoms with van der Waals surface area (Å²) < 4.78 is 0. The third-order valence-corrected chi connectivity index (χ3v) is 6.38. The van der Waals surface area contributed by atoms with Crippen LogP contribution in [0.3, 0.4) is 0 Å². The molecule has 1 fully saturated rings. The predicted molar refractivity (Wildman–Crippen MR) is 125 cm³/mol. The summed E-state index contributed by atoms with van der Waals surface area (Å²) >= 11 is 0. The number of carbonyl (C=O) groups excluding carboxylic acids is 1. The van der Waals surface area contributed by atoms with Crippen molar-refractivity contribution >= 4 is 16.8 Å². The molecule has 2 atom stereocenters. The standard InChI is InChI=1S/C26H38N2O2/c1-2-3-4-5-6-7-8-9-10-13-19-28-25(24(20-29)27-26(28)30)23-18-14-16-21-15-11-12-17-22(21)23/h11-12,14-18,24-25,29H,2-10,13,19-20H2,1H3,(H,27,30)/t24-,25-/m1/s1. The van der Waals surface area contributed by atoms with E-state index >= 15 is 0 Å². The first kappa shape index (κ1) is 22.6. The molecule has 0 radical (unpaired) electrons. The minimum absolute atomic E-state index is 0.0475. The maximum Gasteiger partial charge on any atom is 0.318 e. The number of hydrogen-bond donors (Lipinski definition) is 2. The molecular weight excluding hydrogens is 372 g/mol. The lowest BCUT2D eigenvalue weighted by molar-refractivity contribution is 0.190. The van der Waals surface area contributed by atoms with E-state index in [-0.39, 0.29) is 24.7 Å². The van der Waals surface area contributed by atoms with Gasteiger partial charge in [-0.2, -0.15) is 0 Å². The summed E-state index contributed by atoms with van der Waals surface area (Å²) in [6.07, 6.45) is 12.8. The highest BCUT2D eigenvalue weighted by atomic mass is 16.3. The first-order chi connectivity index (χ1) is 14.8. The summed E-state index contributed by atoms with van der Waals surface area (Å²) in [6.45, 7) is 2.95. The molecule has 2 amide bonds. The van der Waals surface area contributed by atoms with Crippen LogP contribution in [0.4, 0.5) is 4.79 Å². The highest BCUT2D eigenvalue weighted by molar-refractivity contribution is 5.88. The van der Waals surface area contributed by atoms with Gasteiger partial charge in [-0.3, -0.25) is 0 Å². The van der Waals surface area contributed by atoms with Crippen LogP contribution in [0.5, 0.6) is 0 Å². The SMILES string of the molecule is CCCCCCCCCCCCN1C(=O)N[C@H](CO)[C@H]1c1cccc2ccccc12. The fourth-order valence-electron chi connectivity index (χ4n) is 4.71. The highest BCUT2D eigenvalue weighted by Gasteiger charge is 2.40. The molecular formula is C26H38N2O2. The highest BCUT2D eigenvalue weighted by Crippen LogP contribution is 2.34. The predicted octanol–water partition coefficient (Wildman–Crippen LogP) is 6.19. The zero-order valence-electron chi connectivity index (χ0n) is 18.5. The summed E-state index contributed by atoms with van der Waals surface area (Å²) in [6, 6.07) is 14.1. The average molecular weight is 411 g/mol. The Hall–Kier alpha value is -2.07. The fraction of sp³-hybridized carbons (Fsp3) is 0.577. The lowest BCUT2D eigenvalue weighted by atomic mass is 9.94. The van der Waals surface area contributed by atoms with Gasteiger partial charge >= 0.3 is 6.03 Å². The van der Waals surface area contributed by atoms with Crippen LogP contribution < -0.4 is 5.32 Å². The number of nitrogens with one attached hydrogen (secondary N) is 1. The minimum Gasteiger partial charge on any atom is -0.394 e. The van der Waals surface area contributed by atoms with Gasteiger partial charge in [0.05, 0.1) is 18.7 Å². The van der Waals surface area contributed by atoms with E-state index in [9.17, 15) is 9.90 Å². The first-order valence-corrected chi connectivity index (χ1v) is 11.9. The zero-order valence-corrected chi connectivity index (χ0v) is 18.5. The maximum atomic E-state index is 12.7. The van der Waals surface area contributed by atoms with E-state index in [0.29, 0.717) is 0 Å². The number of urea groups is 1. The third-order valence-electron chi connectivity index (χ3n) is 6.38. The molecule has 1 aliphatic heterocycles. The van der Waals surface area contributed by atoms with Gasteiger partial charge in [0.2, 0.25) is 0 Å². The molecule has 0 saturated carbocycles. The van der Waals surface area contributed by atoms with Gasteiger partial charge in [-0.05, 0) is 22.8 Å². The van der Waals surface area contributed by atoms with Gasteiger partial charge in [0.25, 0.3) is 0 Å². The van der Waals surface area contributed by atoms with Crippen molar-refractivity contribution in [2.24, 2.45) is 0 Å². The molecule has 3 rings (SSSR count). The Bertz CT molecular complexity index is 786. The van der Waals surface area contributed by atoms with Gasteiger partial charge in [-0.25, -0.2) is 4.79 Å². The Morgan fingerprint density at radius 3 is 2.20 bits per heavy atom. The number of hydrogen-bond acceptors (Lipinski definition) is 2. The molecule has 30 heavy (non-hydrogen) atoms. The molecule has 164 valence electrons. The van der Waals surface area contributed by atoms with Gasteiger partial charge in [-0.1, -0.05) is 107 Å². The van der Waals surface area contributed by atoms with Crippen molar-refractivity contribution < 1.29 is 9.90 Å². The van der Waals surface area contributed by atoms with E-state index in [2.05, 4.69) is 36.5 Å². The summed E-state index contributed by atoms with van der Waals surface area (Å²) in [7, 11) is 0. The molecule has 0 aliphatic carbocycles. The van der Waals surface area contributed by atoms with Gasteiger partial charge < -0.3 is 15.3 Å². The van der Waals surface area contributed by atoms with Crippen molar-refractivity contribution in [3.8, 4) is 0 Å². The Morgan fingerprint density at radius 2 is 1.50 bits per heavy atom. The number of aliphatic hydroxyl groups is 1. The number of amides is 2. The summed E-state index contributed by atoms with van der Waals surface area (Å²) in [5, 5.41) is 15.2. The van der Waals surface area contributed by atoms with Gasteiger partial charge in [0.15, 0.2) is 0 Å². The summed E-state index contributed by atoms with van der Waals surface area (Å²) in [5.74, 6) is 0. The fourth-order valence-corrected chi connectivity index (χ4v) is 4.71. The number of aliphatic hydroxyl groups excluding tert-OH is 1. The average Bonchev–Trinajstić information content (AvgIpc) is 3.09. The largest absolute Gasteiger partial charge is 0.394 e. The van der Waals surface area contributed by atoms with Crippen LogP contribution in [0, 0.1) is 0 Å². The Balaban J connectivity index is 1.54. The molecule has 4 heteroatoms. The van der Waals surface area contributed by atoms with E-state index < -0.39 is 0 Å². The number of benzene rings is 2. The van der Waals surface area contributed by atoms with Crippen molar-refractivity contribution in [1.29, 1.82) is 0 Å². The second kappa shape index (κ2) is 11.9. The molecule has 0 aromatic heterocycles. The van der Waals surface area contributed by atoms with Gasteiger partial charge in [-0.15, -0.1) is 0 Å². The van der Waals surface area contributed by atoms with Crippen molar-refractivity contribution in [1.82, 2.24) is 10.2 Å². The second-order valence-electron chi connectivity index (χ2n) is 8.63. The first-order valence-electron chi connectivity index (χ1n) is 11.9. The Labute approximate surface area is 181 Å². The molecule has 0 unspecified atom stereocenters. The third kappa shape index (κ3) is 5.75. The molecule has 2 aromatic carbocycles. The zero-order chi connectivity index (χ0) is 21.2. The van der Waals surface area contributed by atoms with Crippen LogP contribution in [-0.4, -0.2) is 35.2 Å². The second-order valence-corrected chi connectivity index (χ2v) is 8.63. The van der Waals surface area contributed by atoms with Gasteiger partial charge in [0, 0.05) is 6.54 Å². The Morgan fingerprint density at radius 1 is 0.867 bits per heavy atom. The van der Waals surface area contributed by atoms with Crippen molar-refractivity contribution in [3.63, 3.8) is 0 Å². The molecule has 2 aromatic rings. The van der Waals surface area contributed by atoms with Crippen LogP contribution in [0.1, 0.15) is 82.7 Å². The van der Waals surface area contributed by atoms with Crippen LogP contribution in [0.25, 0.3) is 10.8 Å². The number of carbonyl (C=O) groups is 1. The normalized spacial score (nSPS) is 18.9. The maximum absolute atomic E-state index is 12.7. The Kier molecular flexibility index (Phi) is 9.00. The molecule has 4 nitrogen and oxygen atoms in total. The lowest BCUT2D eigenvalue weighted by Gasteiger charge is -2.27. The van der Waals surface area contributed by atoms with Crippen LogP contribution in [-0.2, 0) is 0 Å². The molecule has 1 heterocycles. The van der Waals surface area contributed by atoms with Crippen molar-refractivity contribution in [2.75, 3.05) is 13.2 Å². The van der Waals surface area contributed by atoms with E-state index in [1.165, 1.54) is 56.8 Å². The van der Waals surface area contributed by atoms with Crippen molar-refractivity contribution in [2.45, 2.75) is 83.2 Å². The quantitative estimate of drug-likeness (QED) is 0.387. The summed E-state index contributed by atoms with van der Waals surface area (Å²) in [5.41, 5.74) is 1.12. The number of unbranched alkanes of at least 4 members (excludes halogenated alkanes) is 9. The molecule has 1 aliphatic rings. The number of nitrogens with zero attached hydrogens (tertiary/aromatic N) is 1. The smallest absolute Gasteiger partial charge is 0.318 e. The molecule has 0 bridgehead atoms. The van der Waals surface area contributed by atoms with Gasteiger partial charge in [0.1, 0.15) is 0 Å². The number of rotatable bonds is 13. The lowest BCUT2D eigenvalue weighted by Crippen LogP contribution is -2.32. The molecule has 0 spiro atoms. The van der Waals surface area contributed by atoms with E-state index in [1.807, 2.05) is 23.1 Å². The van der Waals surface area contributed by atoms with Crippen LogP contribution in [0.15, 0.2) is 42.5 Å². The van der Waals surface area contributed by atoms with E-state index in [4.69, 9.17) is 0 Å². The van der Waals surface area contributed by atoms with Crippen molar-refractivity contribution in [3.05, 3.63) is 48.0 Å². The topological polar surface area (TPSA) is 52.6 Å². The van der Waals surface area contributed by atoms with Crippen LogP contribution in [0.2, 0.25) is 0 Å². The minimum atomic E-state index is -0.258. The molecule has 2 N–H and O–H groups in total. The summed E-state index contributed by atoms with van der Waals surface area (Å²) in [4.78, 5) is 14.6. The van der Waals surface area contributed by atoms with E-state index in [1.54, 1.807) is 0 Å². The van der Waals surface area contributed by atoms with Crippen LogP contribution >= 0.6 is 0 Å².